The SMILES string of the molecule is C=S1C2=C(CCOC2CNC)c2ccccc21. The molecule has 3 heteroatoms. The van der Waals surface area contributed by atoms with Crippen molar-refractivity contribution >= 4 is 21.9 Å². The van der Waals surface area contributed by atoms with Crippen molar-refractivity contribution in [1.82, 2.24) is 5.32 Å². The number of fused-ring (bicyclic) bond motifs is 2. The van der Waals surface area contributed by atoms with E-state index in [4.69, 9.17) is 4.74 Å². The Labute approximate surface area is 105 Å². The molecule has 17 heavy (non-hydrogen) atoms. The van der Waals surface area contributed by atoms with E-state index in [2.05, 4.69) is 35.5 Å². The van der Waals surface area contributed by atoms with Crippen molar-refractivity contribution in [3.05, 3.63) is 34.7 Å². The van der Waals surface area contributed by atoms with Gasteiger partial charge in [-0.3, -0.25) is 0 Å². The van der Waals surface area contributed by atoms with Gasteiger partial charge in [0.1, 0.15) is 6.10 Å². The maximum atomic E-state index is 5.88. The minimum Gasteiger partial charge on any atom is -0.371 e. The van der Waals surface area contributed by atoms with Gasteiger partial charge in [-0.25, -0.2) is 0 Å². The Bertz CT molecular complexity index is 507. The molecule has 0 saturated carbocycles. The van der Waals surface area contributed by atoms with Crippen LogP contribution in [0.15, 0.2) is 34.1 Å². The third-order valence-corrected chi connectivity index (χ3v) is 5.32. The third-order valence-electron chi connectivity index (χ3n) is 3.39. The highest BCUT2D eigenvalue weighted by Gasteiger charge is 2.32. The molecular formula is C14H17NOS. The molecule has 3 rings (SSSR count). The second-order valence-corrected chi connectivity index (χ2v) is 6.06. The highest BCUT2D eigenvalue weighted by Crippen LogP contribution is 2.52. The van der Waals surface area contributed by atoms with Gasteiger partial charge >= 0.3 is 0 Å². The molecule has 2 unspecified atom stereocenters. The summed E-state index contributed by atoms with van der Waals surface area (Å²) in [6.07, 6.45) is 1.24. The first-order valence-corrected chi connectivity index (χ1v) is 7.35. The fourth-order valence-corrected chi connectivity index (χ4v) is 4.57. The van der Waals surface area contributed by atoms with Crippen molar-refractivity contribution in [2.75, 3.05) is 20.2 Å². The maximum absolute atomic E-state index is 5.88. The lowest BCUT2D eigenvalue weighted by molar-refractivity contribution is 0.0811. The quantitative estimate of drug-likeness (QED) is 0.811. The van der Waals surface area contributed by atoms with Crippen LogP contribution in [0.2, 0.25) is 0 Å². The smallest absolute Gasteiger partial charge is 0.101 e. The average molecular weight is 247 g/mol. The lowest BCUT2D eigenvalue weighted by Crippen LogP contribution is -2.30. The average Bonchev–Trinajstić information content (AvgIpc) is 2.66. The Morgan fingerprint density at radius 3 is 3.12 bits per heavy atom. The summed E-state index contributed by atoms with van der Waals surface area (Å²) in [4.78, 5) is 2.82. The summed E-state index contributed by atoms with van der Waals surface area (Å²) in [7, 11) is 1.94. The Hall–Kier alpha value is -0.900. The molecule has 0 radical (unpaired) electrons. The number of nitrogens with one attached hydrogen (secondary N) is 1. The first-order chi connectivity index (χ1) is 8.33. The van der Waals surface area contributed by atoms with E-state index < -0.39 is 0 Å². The number of likely N-dealkylation sites (N-methyl/N-ethyl adjacent to an activating group) is 1. The summed E-state index contributed by atoms with van der Waals surface area (Å²) < 4.78 is 5.88. The minimum absolute atomic E-state index is 0.0312. The summed E-state index contributed by atoms with van der Waals surface area (Å²) in [6.45, 7) is 1.71. The second kappa shape index (κ2) is 4.41. The van der Waals surface area contributed by atoms with Crippen LogP contribution in [-0.2, 0) is 4.74 Å². The molecular weight excluding hydrogens is 230 g/mol. The van der Waals surface area contributed by atoms with Gasteiger partial charge in [0.2, 0.25) is 0 Å². The predicted octanol–water partition coefficient (Wildman–Crippen LogP) is 2.48. The van der Waals surface area contributed by atoms with E-state index in [1.165, 1.54) is 20.9 Å². The summed E-state index contributed by atoms with van der Waals surface area (Å²) in [5.41, 5.74) is 2.90. The van der Waals surface area contributed by atoms with E-state index in [0.717, 1.165) is 19.6 Å². The molecule has 0 saturated heterocycles. The predicted molar refractivity (Wildman–Crippen MR) is 74.6 cm³/mol. The van der Waals surface area contributed by atoms with Gasteiger partial charge in [-0.05, 0) is 30.7 Å². The molecule has 90 valence electrons. The number of rotatable bonds is 2. The zero-order chi connectivity index (χ0) is 11.8. The molecule has 1 aromatic rings. The monoisotopic (exact) mass is 247 g/mol. The van der Waals surface area contributed by atoms with E-state index in [-0.39, 0.29) is 16.6 Å². The van der Waals surface area contributed by atoms with Crippen molar-refractivity contribution in [2.45, 2.75) is 17.4 Å². The molecule has 2 heterocycles. The maximum Gasteiger partial charge on any atom is 0.101 e. The third kappa shape index (κ3) is 1.69. The van der Waals surface area contributed by atoms with E-state index in [9.17, 15) is 0 Å². The van der Waals surface area contributed by atoms with Gasteiger partial charge in [0.05, 0.1) is 6.61 Å². The standard InChI is InChI=1S/C14H17NOS/c1-15-9-12-14-11(7-8-16-12)10-5-3-4-6-13(10)17(14)2/h3-6,12,15H,2,7-9H2,1H3. The Kier molecular flexibility index (Phi) is 2.90. The van der Waals surface area contributed by atoms with Crippen LogP contribution >= 0.6 is 10.5 Å². The summed E-state index contributed by atoms with van der Waals surface area (Å²) in [5.74, 6) is 4.36. The highest BCUT2D eigenvalue weighted by molar-refractivity contribution is 8.18. The van der Waals surface area contributed by atoms with Crippen LogP contribution in [0.5, 0.6) is 0 Å². The van der Waals surface area contributed by atoms with Crippen LogP contribution in [0.1, 0.15) is 12.0 Å². The van der Waals surface area contributed by atoms with Crippen molar-refractivity contribution in [3.63, 3.8) is 0 Å². The van der Waals surface area contributed by atoms with Gasteiger partial charge in [-0.15, -0.1) is 10.5 Å². The van der Waals surface area contributed by atoms with Crippen molar-refractivity contribution in [1.29, 1.82) is 0 Å². The first kappa shape index (κ1) is 11.2. The molecule has 1 aromatic carbocycles. The zero-order valence-corrected chi connectivity index (χ0v) is 10.8. The fourth-order valence-electron chi connectivity index (χ4n) is 2.66. The van der Waals surface area contributed by atoms with E-state index >= 15 is 0 Å². The van der Waals surface area contributed by atoms with Gasteiger partial charge in [0, 0.05) is 16.3 Å². The Balaban J connectivity index is 2.09. The second-order valence-electron chi connectivity index (χ2n) is 4.40. The molecule has 2 aliphatic rings. The van der Waals surface area contributed by atoms with Crippen LogP contribution < -0.4 is 5.32 Å². The number of ether oxygens (including phenoxy) is 1. The van der Waals surface area contributed by atoms with Crippen molar-refractivity contribution < 1.29 is 4.74 Å². The van der Waals surface area contributed by atoms with Gasteiger partial charge in [-0.2, -0.15) is 0 Å². The summed E-state index contributed by atoms with van der Waals surface area (Å²) >= 11 is 0. The number of hydrogen-bond donors (Lipinski definition) is 1. The van der Waals surface area contributed by atoms with Gasteiger partial charge in [0.25, 0.3) is 0 Å². The van der Waals surface area contributed by atoms with Crippen molar-refractivity contribution in [2.24, 2.45) is 0 Å². The summed E-state index contributed by atoms with van der Waals surface area (Å²) in [5, 5.41) is 3.21. The molecule has 0 aromatic heterocycles. The van der Waals surface area contributed by atoms with Gasteiger partial charge in [0.15, 0.2) is 0 Å². The summed E-state index contributed by atoms with van der Waals surface area (Å²) in [6, 6.07) is 8.66. The molecule has 0 amide bonds. The molecule has 0 fully saturated rings. The molecule has 0 aliphatic carbocycles. The number of benzene rings is 1. The molecule has 0 bridgehead atoms. The van der Waals surface area contributed by atoms with Gasteiger partial charge < -0.3 is 10.1 Å². The van der Waals surface area contributed by atoms with Crippen LogP contribution in [-0.4, -0.2) is 32.2 Å². The van der Waals surface area contributed by atoms with E-state index in [0.29, 0.717) is 0 Å². The van der Waals surface area contributed by atoms with E-state index in [1.54, 1.807) is 0 Å². The van der Waals surface area contributed by atoms with Crippen LogP contribution in [0.4, 0.5) is 0 Å². The minimum atomic E-state index is -0.0312. The fraction of sp³-hybridized carbons (Fsp3) is 0.357. The Morgan fingerprint density at radius 1 is 1.47 bits per heavy atom. The molecule has 1 N–H and O–H groups in total. The lowest BCUT2D eigenvalue weighted by atomic mass is 9.99. The highest BCUT2D eigenvalue weighted by atomic mass is 32.2. The van der Waals surface area contributed by atoms with Crippen LogP contribution in [0, 0.1) is 0 Å². The van der Waals surface area contributed by atoms with Gasteiger partial charge in [-0.1, -0.05) is 24.1 Å². The normalized spacial score (nSPS) is 26.9. The largest absolute Gasteiger partial charge is 0.371 e. The first-order valence-electron chi connectivity index (χ1n) is 5.95. The van der Waals surface area contributed by atoms with Crippen molar-refractivity contribution in [3.8, 4) is 0 Å². The van der Waals surface area contributed by atoms with Crippen LogP contribution in [0.3, 0.4) is 0 Å². The molecule has 2 nitrogen and oxygen atoms in total. The molecule has 2 aliphatic heterocycles. The lowest BCUT2D eigenvalue weighted by Gasteiger charge is -2.26. The number of hydrogen-bond acceptors (Lipinski definition) is 2. The molecule has 2 atom stereocenters. The van der Waals surface area contributed by atoms with E-state index in [1.807, 2.05) is 7.05 Å². The topological polar surface area (TPSA) is 21.3 Å². The Morgan fingerprint density at radius 2 is 2.29 bits per heavy atom. The molecule has 0 spiro atoms. The zero-order valence-electron chi connectivity index (χ0n) is 10.0. The van der Waals surface area contributed by atoms with Crippen LogP contribution in [0.25, 0.3) is 5.57 Å².